The summed E-state index contributed by atoms with van der Waals surface area (Å²) in [6, 6.07) is 4.38. The van der Waals surface area contributed by atoms with Crippen LogP contribution in [0.4, 0.5) is 10.5 Å². The van der Waals surface area contributed by atoms with Crippen LogP contribution in [0.1, 0.15) is 23.7 Å². The van der Waals surface area contributed by atoms with E-state index in [9.17, 15) is 14.7 Å². The predicted octanol–water partition coefficient (Wildman–Crippen LogP) is 1.70. The summed E-state index contributed by atoms with van der Waals surface area (Å²) in [6.45, 7) is 3.74. The summed E-state index contributed by atoms with van der Waals surface area (Å²) in [5.41, 5.74) is 0.846. The Labute approximate surface area is 145 Å². The third-order valence-corrected chi connectivity index (χ3v) is 3.85. The monoisotopic (exact) mass is 355 g/mol. The fourth-order valence-electron chi connectivity index (χ4n) is 2.29. The second-order valence-electron chi connectivity index (χ2n) is 5.56. The Morgan fingerprint density at radius 3 is 2.96 bits per heavy atom. The van der Waals surface area contributed by atoms with Crippen molar-refractivity contribution in [3.05, 3.63) is 28.8 Å². The van der Waals surface area contributed by atoms with Gasteiger partial charge in [0.15, 0.2) is 0 Å². The number of anilines is 1. The number of benzene rings is 1. The number of hydrogen-bond acceptors (Lipinski definition) is 4. The van der Waals surface area contributed by atoms with Crippen LogP contribution in [0.2, 0.25) is 5.02 Å². The summed E-state index contributed by atoms with van der Waals surface area (Å²) in [5.74, 6) is -0.243. The van der Waals surface area contributed by atoms with Gasteiger partial charge in [-0.3, -0.25) is 4.79 Å². The van der Waals surface area contributed by atoms with Gasteiger partial charge in [-0.05, 0) is 24.6 Å². The standard InChI is InChI=1S/C16H22ClN3O4/c1-2-5-18-15(22)13-4-3-11(8-14(13)17)19-16(23)20-6-7-24-10-12(21)9-20/h3-4,8,12,21H,2,5-7,9-10H2,1H3,(H,18,22)(H,19,23)/t12-/m1/s1. The molecule has 0 radical (unpaired) electrons. The summed E-state index contributed by atoms with van der Waals surface area (Å²) >= 11 is 6.14. The van der Waals surface area contributed by atoms with E-state index < -0.39 is 6.10 Å². The number of β-amino-alcohol motifs (C(OH)–C–C–N with tert-alkyl or cyclic N) is 1. The molecule has 1 aromatic carbocycles. The van der Waals surface area contributed by atoms with Crippen LogP contribution in [-0.4, -0.2) is 60.9 Å². The maximum Gasteiger partial charge on any atom is 0.322 e. The summed E-state index contributed by atoms with van der Waals surface area (Å²) in [7, 11) is 0. The molecule has 2 rings (SSSR count). The van der Waals surface area contributed by atoms with Crippen molar-refractivity contribution in [1.29, 1.82) is 0 Å². The van der Waals surface area contributed by atoms with Crippen LogP contribution in [0.3, 0.4) is 0 Å². The molecule has 1 atom stereocenters. The van der Waals surface area contributed by atoms with Crippen molar-refractivity contribution in [3.63, 3.8) is 0 Å². The lowest BCUT2D eigenvalue weighted by atomic mass is 10.2. The van der Waals surface area contributed by atoms with E-state index in [0.717, 1.165) is 6.42 Å². The zero-order chi connectivity index (χ0) is 17.5. The Morgan fingerprint density at radius 1 is 1.46 bits per heavy atom. The molecule has 1 fully saturated rings. The Bertz CT molecular complexity index is 597. The first kappa shape index (κ1) is 18.5. The first-order chi connectivity index (χ1) is 11.5. The fraction of sp³-hybridized carbons (Fsp3) is 0.500. The van der Waals surface area contributed by atoms with Gasteiger partial charge in [-0.2, -0.15) is 0 Å². The molecule has 7 nitrogen and oxygen atoms in total. The Hall–Kier alpha value is -1.83. The van der Waals surface area contributed by atoms with E-state index in [-0.39, 0.29) is 30.1 Å². The van der Waals surface area contributed by atoms with Crippen LogP contribution in [0.25, 0.3) is 0 Å². The number of amides is 3. The molecular formula is C16H22ClN3O4. The van der Waals surface area contributed by atoms with E-state index in [1.807, 2.05) is 6.92 Å². The number of halogens is 1. The molecule has 0 unspecified atom stereocenters. The SMILES string of the molecule is CCCNC(=O)c1ccc(NC(=O)N2CCOC[C@H](O)C2)cc1Cl. The molecule has 0 saturated carbocycles. The maximum absolute atomic E-state index is 12.3. The minimum Gasteiger partial charge on any atom is -0.389 e. The van der Waals surface area contributed by atoms with Crippen LogP contribution in [0.5, 0.6) is 0 Å². The van der Waals surface area contributed by atoms with Gasteiger partial charge in [0.2, 0.25) is 0 Å². The maximum atomic E-state index is 12.3. The molecular weight excluding hydrogens is 334 g/mol. The largest absolute Gasteiger partial charge is 0.389 e. The van der Waals surface area contributed by atoms with Gasteiger partial charge in [-0.25, -0.2) is 4.79 Å². The lowest BCUT2D eigenvalue weighted by Gasteiger charge is -2.22. The van der Waals surface area contributed by atoms with E-state index >= 15 is 0 Å². The molecule has 0 bridgehead atoms. The van der Waals surface area contributed by atoms with E-state index in [1.54, 1.807) is 12.1 Å². The van der Waals surface area contributed by atoms with Crippen molar-refractivity contribution in [3.8, 4) is 0 Å². The van der Waals surface area contributed by atoms with E-state index in [1.165, 1.54) is 11.0 Å². The molecule has 0 aliphatic carbocycles. The van der Waals surface area contributed by atoms with Crippen LogP contribution in [0.15, 0.2) is 18.2 Å². The highest BCUT2D eigenvalue weighted by Crippen LogP contribution is 2.21. The normalized spacial score (nSPS) is 18.0. The van der Waals surface area contributed by atoms with Crippen molar-refractivity contribution in [2.45, 2.75) is 19.4 Å². The summed E-state index contributed by atoms with van der Waals surface area (Å²) in [5, 5.41) is 15.4. The molecule has 24 heavy (non-hydrogen) atoms. The Kier molecular flexibility index (Phi) is 6.84. The van der Waals surface area contributed by atoms with Crippen molar-refractivity contribution in [2.75, 3.05) is 38.2 Å². The molecule has 1 aliphatic heterocycles. The lowest BCUT2D eigenvalue weighted by molar-refractivity contribution is 0.0575. The molecule has 3 amide bonds. The van der Waals surface area contributed by atoms with Gasteiger partial charge in [0, 0.05) is 18.8 Å². The minimum atomic E-state index is -0.702. The van der Waals surface area contributed by atoms with Crippen molar-refractivity contribution in [2.24, 2.45) is 0 Å². The van der Waals surface area contributed by atoms with Gasteiger partial charge >= 0.3 is 6.03 Å². The number of hydrogen-bond donors (Lipinski definition) is 3. The van der Waals surface area contributed by atoms with Crippen LogP contribution >= 0.6 is 11.6 Å². The average Bonchev–Trinajstić information content (AvgIpc) is 2.77. The zero-order valence-electron chi connectivity index (χ0n) is 13.5. The second kappa shape index (κ2) is 8.86. The summed E-state index contributed by atoms with van der Waals surface area (Å²) in [6.07, 6.45) is 0.134. The van der Waals surface area contributed by atoms with Crippen LogP contribution in [-0.2, 0) is 4.74 Å². The number of aliphatic hydroxyl groups excluding tert-OH is 1. The molecule has 132 valence electrons. The number of rotatable bonds is 4. The molecule has 1 aliphatic rings. The number of urea groups is 1. The third kappa shape index (κ3) is 5.09. The van der Waals surface area contributed by atoms with Crippen LogP contribution in [0, 0.1) is 0 Å². The highest BCUT2D eigenvalue weighted by molar-refractivity contribution is 6.34. The van der Waals surface area contributed by atoms with Crippen molar-refractivity contribution >= 4 is 29.2 Å². The number of carbonyl (C=O) groups is 2. The highest BCUT2D eigenvalue weighted by Gasteiger charge is 2.21. The number of ether oxygens (including phenoxy) is 1. The van der Waals surface area contributed by atoms with Gasteiger partial charge in [-0.1, -0.05) is 18.5 Å². The molecule has 0 spiro atoms. The van der Waals surface area contributed by atoms with Crippen molar-refractivity contribution in [1.82, 2.24) is 10.2 Å². The fourth-order valence-corrected chi connectivity index (χ4v) is 2.56. The third-order valence-electron chi connectivity index (χ3n) is 3.53. The number of nitrogens with zero attached hydrogens (tertiary/aromatic N) is 1. The molecule has 8 heteroatoms. The topological polar surface area (TPSA) is 90.9 Å². The zero-order valence-corrected chi connectivity index (χ0v) is 14.3. The Morgan fingerprint density at radius 2 is 2.25 bits per heavy atom. The highest BCUT2D eigenvalue weighted by atomic mass is 35.5. The number of carbonyl (C=O) groups excluding carboxylic acids is 2. The molecule has 3 N–H and O–H groups in total. The number of aliphatic hydroxyl groups is 1. The molecule has 1 aromatic rings. The van der Waals surface area contributed by atoms with Gasteiger partial charge in [0.1, 0.15) is 0 Å². The van der Waals surface area contributed by atoms with E-state index in [2.05, 4.69) is 10.6 Å². The second-order valence-corrected chi connectivity index (χ2v) is 5.96. The molecule has 1 saturated heterocycles. The van der Waals surface area contributed by atoms with E-state index in [0.29, 0.717) is 30.9 Å². The summed E-state index contributed by atoms with van der Waals surface area (Å²) in [4.78, 5) is 25.7. The first-order valence-electron chi connectivity index (χ1n) is 7.90. The molecule has 1 heterocycles. The quantitative estimate of drug-likeness (QED) is 0.766. The van der Waals surface area contributed by atoms with E-state index in [4.69, 9.17) is 16.3 Å². The van der Waals surface area contributed by atoms with Crippen molar-refractivity contribution < 1.29 is 19.4 Å². The van der Waals surface area contributed by atoms with Gasteiger partial charge < -0.3 is 25.4 Å². The smallest absolute Gasteiger partial charge is 0.322 e. The van der Waals surface area contributed by atoms with Crippen LogP contribution < -0.4 is 10.6 Å². The predicted molar refractivity (Wildman–Crippen MR) is 91.5 cm³/mol. The molecule has 0 aromatic heterocycles. The average molecular weight is 356 g/mol. The van der Waals surface area contributed by atoms with Gasteiger partial charge in [0.25, 0.3) is 5.91 Å². The van der Waals surface area contributed by atoms with Gasteiger partial charge in [-0.15, -0.1) is 0 Å². The van der Waals surface area contributed by atoms with Gasteiger partial charge in [0.05, 0.1) is 36.4 Å². The lowest BCUT2D eigenvalue weighted by Crippen LogP contribution is -2.40. The number of nitrogens with one attached hydrogen (secondary N) is 2. The Balaban J connectivity index is 2.00. The first-order valence-corrected chi connectivity index (χ1v) is 8.28. The summed E-state index contributed by atoms with van der Waals surface area (Å²) < 4.78 is 5.19. The minimum absolute atomic E-state index is 0.205.